The SMILES string of the molecule is C/C=C(/CC)C(=O)Cc1nccs1. The van der Waals surface area contributed by atoms with Gasteiger partial charge < -0.3 is 0 Å². The summed E-state index contributed by atoms with van der Waals surface area (Å²) in [4.78, 5) is 15.6. The topological polar surface area (TPSA) is 30.0 Å². The summed E-state index contributed by atoms with van der Waals surface area (Å²) in [6, 6.07) is 0. The van der Waals surface area contributed by atoms with Crippen molar-refractivity contribution >= 4 is 17.1 Å². The third kappa shape index (κ3) is 2.77. The van der Waals surface area contributed by atoms with Crippen LogP contribution in [0.1, 0.15) is 25.3 Å². The summed E-state index contributed by atoms with van der Waals surface area (Å²) in [6.45, 7) is 3.90. The van der Waals surface area contributed by atoms with E-state index in [9.17, 15) is 4.79 Å². The Morgan fingerprint density at radius 2 is 2.46 bits per heavy atom. The molecule has 0 aliphatic rings. The van der Waals surface area contributed by atoms with Crippen LogP contribution in [0.5, 0.6) is 0 Å². The average Bonchev–Trinajstić information content (AvgIpc) is 2.59. The molecule has 0 bridgehead atoms. The maximum atomic E-state index is 11.6. The van der Waals surface area contributed by atoms with Crippen molar-refractivity contribution in [2.45, 2.75) is 26.7 Å². The van der Waals surface area contributed by atoms with E-state index in [1.807, 2.05) is 25.3 Å². The number of Topliss-reactive ketones (excluding diaryl/α,β-unsaturated/α-hetero) is 1. The van der Waals surface area contributed by atoms with E-state index in [1.165, 1.54) is 11.3 Å². The Morgan fingerprint density at radius 1 is 1.69 bits per heavy atom. The maximum absolute atomic E-state index is 11.6. The summed E-state index contributed by atoms with van der Waals surface area (Å²) in [5.41, 5.74) is 0.898. The molecule has 2 nitrogen and oxygen atoms in total. The van der Waals surface area contributed by atoms with Crippen molar-refractivity contribution in [3.05, 3.63) is 28.2 Å². The molecule has 13 heavy (non-hydrogen) atoms. The molecule has 0 aliphatic heterocycles. The fourth-order valence-corrected chi connectivity index (χ4v) is 1.77. The monoisotopic (exact) mass is 195 g/mol. The normalized spacial score (nSPS) is 11.7. The fourth-order valence-electron chi connectivity index (χ4n) is 1.15. The quantitative estimate of drug-likeness (QED) is 0.691. The van der Waals surface area contributed by atoms with Crippen LogP contribution in [-0.4, -0.2) is 10.8 Å². The molecule has 0 aromatic carbocycles. The van der Waals surface area contributed by atoms with Gasteiger partial charge in [-0.05, 0) is 18.9 Å². The Balaban J connectivity index is 2.60. The number of hydrogen-bond donors (Lipinski definition) is 0. The lowest BCUT2D eigenvalue weighted by atomic mass is 10.1. The molecule has 0 N–H and O–H groups in total. The van der Waals surface area contributed by atoms with Crippen molar-refractivity contribution in [3.8, 4) is 0 Å². The fraction of sp³-hybridized carbons (Fsp3) is 0.400. The van der Waals surface area contributed by atoms with Gasteiger partial charge in [0.25, 0.3) is 0 Å². The van der Waals surface area contributed by atoms with Gasteiger partial charge in [0.05, 0.1) is 6.42 Å². The van der Waals surface area contributed by atoms with Crippen molar-refractivity contribution in [1.82, 2.24) is 4.98 Å². The predicted octanol–water partition coefficient (Wildman–Crippen LogP) is 2.61. The summed E-state index contributed by atoms with van der Waals surface area (Å²) in [7, 11) is 0. The number of carbonyl (C=O) groups is 1. The zero-order valence-corrected chi connectivity index (χ0v) is 8.73. The van der Waals surface area contributed by atoms with Gasteiger partial charge in [-0.1, -0.05) is 13.0 Å². The number of nitrogens with zero attached hydrogens (tertiary/aromatic N) is 1. The smallest absolute Gasteiger partial charge is 0.165 e. The highest BCUT2D eigenvalue weighted by Gasteiger charge is 2.08. The first-order valence-corrected chi connectivity index (χ1v) is 5.22. The molecule has 1 aromatic rings. The molecule has 1 rings (SSSR count). The standard InChI is InChI=1S/C10H13NOS/c1-3-8(4-2)9(12)7-10-11-5-6-13-10/h3,5-6H,4,7H2,1-2H3/b8-3-. The van der Waals surface area contributed by atoms with Crippen LogP contribution in [0.3, 0.4) is 0 Å². The van der Waals surface area contributed by atoms with Crippen LogP contribution in [0, 0.1) is 0 Å². The van der Waals surface area contributed by atoms with Gasteiger partial charge in [0, 0.05) is 11.6 Å². The highest BCUT2D eigenvalue weighted by molar-refractivity contribution is 7.09. The molecule has 3 heteroatoms. The van der Waals surface area contributed by atoms with Crippen LogP contribution in [0.2, 0.25) is 0 Å². The van der Waals surface area contributed by atoms with E-state index in [1.54, 1.807) is 6.20 Å². The Bertz CT molecular complexity index is 301. The molecule has 0 unspecified atom stereocenters. The summed E-state index contributed by atoms with van der Waals surface area (Å²) in [5, 5.41) is 2.79. The summed E-state index contributed by atoms with van der Waals surface area (Å²) < 4.78 is 0. The highest BCUT2D eigenvalue weighted by atomic mass is 32.1. The molecule has 0 spiro atoms. The minimum absolute atomic E-state index is 0.194. The minimum atomic E-state index is 0.194. The van der Waals surface area contributed by atoms with Crippen LogP contribution in [0.4, 0.5) is 0 Å². The summed E-state index contributed by atoms with van der Waals surface area (Å²) in [5.74, 6) is 0.194. The van der Waals surface area contributed by atoms with Crippen LogP contribution in [-0.2, 0) is 11.2 Å². The van der Waals surface area contributed by atoms with Crippen molar-refractivity contribution in [1.29, 1.82) is 0 Å². The molecule has 70 valence electrons. The Labute approximate surface area is 82.3 Å². The first-order valence-electron chi connectivity index (χ1n) is 4.34. The highest BCUT2D eigenvalue weighted by Crippen LogP contribution is 2.10. The lowest BCUT2D eigenvalue weighted by Gasteiger charge is -1.99. The number of allylic oxidation sites excluding steroid dienone is 2. The molecular weight excluding hydrogens is 182 g/mol. The third-order valence-electron chi connectivity index (χ3n) is 1.88. The van der Waals surface area contributed by atoms with Crippen molar-refractivity contribution in [2.24, 2.45) is 0 Å². The Kier molecular flexibility index (Phi) is 3.83. The van der Waals surface area contributed by atoms with E-state index in [0.29, 0.717) is 6.42 Å². The van der Waals surface area contributed by atoms with Crippen LogP contribution < -0.4 is 0 Å². The van der Waals surface area contributed by atoms with Gasteiger partial charge in [-0.25, -0.2) is 4.98 Å². The molecule has 0 fully saturated rings. The number of aromatic nitrogens is 1. The van der Waals surface area contributed by atoms with E-state index in [-0.39, 0.29) is 5.78 Å². The Morgan fingerprint density at radius 3 is 2.92 bits per heavy atom. The average molecular weight is 195 g/mol. The van der Waals surface area contributed by atoms with Gasteiger partial charge in [0.2, 0.25) is 0 Å². The van der Waals surface area contributed by atoms with E-state index in [2.05, 4.69) is 4.98 Å². The molecule has 0 saturated carbocycles. The van der Waals surface area contributed by atoms with Crippen LogP contribution >= 0.6 is 11.3 Å². The van der Waals surface area contributed by atoms with Gasteiger partial charge in [0.15, 0.2) is 5.78 Å². The van der Waals surface area contributed by atoms with Crippen molar-refractivity contribution < 1.29 is 4.79 Å². The second-order valence-corrected chi connectivity index (χ2v) is 3.67. The van der Waals surface area contributed by atoms with E-state index >= 15 is 0 Å². The second-order valence-electron chi connectivity index (χ2n) is 2.69. The molecule has 0 aliphatic carbocycles. The number of rotatable bonds is 4. The molecule has 0 saturated heterocycles. The van der Waals surface area contributed by atoms with E-state index in [0.717, 1.165) is 17.0 Å². The number of hydrogen-bond acceptors (Lipinski definition) is 3. The van der Waals surface area contributed by atoms with Gasteiger partial charge in [-0.15, -0.1) is 11.3 Å². The van der Waals surface area contributed by atoms with Crippen LogP contribution in [0.15, 0.2) is 23.2 Å². The Hall–Kier alpha value is -0.960. The number of carbonyl (C=O) groups excluding carboxylic acids is 1. The second kappa shape index (κ2) is 4.92. The lowest BCUT2D eigenvalue weighted by Crippen LogP contribution is -2.05. The van der Waals surface area contributed by atoms with Crippen molar-refractivity contribution in [3.63, 3.8) is 0 Å². The van der Waals surface area contributed by atoms with Gasteiger partial charge in [-0.2, -0.15) is 0 Å². The number of ketones is 1. The minimum Gasteiger partial charge on any atom is -0.294 e. The molecule has 1 heterocycles. The third-order valence-corrected chi connectivity index (χ3v) is 2.66. The first-order chi connectivity index (χ1) is 6.27. The number of thiazole rings is 1. The lowest BCUT2D eigenvalue weighted by molar-refractivity contribution is -0.115. The van der Waals surface area contributed by atoms with Gasteiger partial charge in [0.1, 0.15) is 5.01 Å². The zero-order chi connectivity index (χ0) is 9.68. The predicted molar refractivity (Wildman–Crippen MR) is 54.9 cm³/mol. The molecule has 1 aromatic heterocycles. The largest absolute Gasteiger partial charge is 0.294 e. The molecule has 0 radical (unpaired) electrons. The van der Waals surface area contributed by atoms with Crippen LogP contribution in [0.25, 0.3) is 0 Å². The maximum Gasteiger partial charge on any atom is 0.165 e. The molecule has 0 amide bonds. The first kappa shape index (κ1) is 10.1. The van der Waals surface area contributed by atoms with E-state index < -0.39 is 0 Å². The van der Waals surface area contributed by atoms with Gasteiger partial charge in [-0.3, -0.25) is 4.79 Å². The molecular formula is C10H13NOS. The zero-order valence-electron chi connectivity index (χ0n) is 7.91. The van der Waals surface area contributed by atoms with Gasteiger partial charge >= 0.3 is 0 Å². The molecule has 0 atom stereocenters. The summed E-state index contributed by atoms with van der Waals surface area (Å²) in [6.07, 6.45) is 4.87. The van der Waals surface area contributed by atoms with E-state index in [4.69, 9.17) is 0 Å². The van der Waals surface area contributed by atoms with Crippen molar-refractivity contribution in [2.75, 3.05) is 0 Å². The summed E-state index contributed by atoms with van der Waals surface area (Å²) >= 11 is 1.53.